The molecule has 0 fully saturated rings. The van der Waals surface area contributed by atoms with E-state index < -0.39 is 0 Å². The lowest BCUT2D eigenvalue weighted by molar-refractivity contribution is -0.121. The van der Waals surface area contributed by atoms with E-state index in [1.54, 1.807) is 6.20 Å². The first-order valence-electron chi connectivity index (χ1n) is 6.15. The molecule has 1 rings (SSSR count). The van der Waals surface area contributed by atoms with Gasteiger partial charge in [-0.3, -0.25) is 9.78 Å². The number of carbonyl (C=O) groups excluding carboxylic acids is 1. The molecule has 5 heteroatoms. The summed E-state index contributed by atoms with van der Waals surface area (Å²) in [7, 11) is 0. The van der Waals surface area contributed by atoms with Crippen LogP contribution in [0.3, 0.4) is 0 Å². The molecule has 18 heavy (non-hydrogen) atoms. The highest BCUT2D eigenvalue weighted by Crippen LogP contribution is 2.06. The molecule has 1 heterocycles. The van der Waals surface area contributed by atoms with E-state index in [0.29, 0.717) is 25.4 Å². The van der Waals surface area contributed by atoms with Crippen LogP contribution in [-0.2, 0) is 11.3 Å². The van der Waals surface area contributed by atoms with Crippen molar-refractivity contribution in [2.24, 2.45) is 5.92 Å². The third-order valence-corrected chi connectivity index (χ3v) is 2.80. The topological polar surface area (TPSA) is 54.0 Å². The Morgan fingerprint density at radius 3 is 2.83 bits per heavy atom. The molecule has 2 N–H and O–H groups in total. The number of pyridine rings is 1. The maximum Gasteiger partial charge on any atom is 0.221 e. The summed E-state index contributed by atoms with van der Waals surface area (Å²) in [6.45, 7) is 6.26. The van der Waals surface area contributed by atoms with Crippen molar-refractivity contribution in [3.05, 3.63) is 28.5 Å². The molecule has 0 aromatic carbocycles. The molecule has 0 bridgehead atoms. The molecule has 4 nitrogen and oxygen atoms in total. The second-order valence-corrected chi connectivity index (χ2v) is 5.51. The molecule has 0 aliphatic heterocycles. The van der Waals surface area contributed by atoms with Crippen LogP contribution in [0.1, 0.15) is 26.0 Å². The Bertz CT molecular complexity index is 365. The van der Waals surface area contributed by atoms with Gasteiger partial charge in [0.2, 0.25) is 5.91 Å². The average Bonchev–Trinajstić information content (AvgIpc) is 2.34. The summed E-state index contributed by atoms with van der Waals surface area (Å²) in [5.74, 6) is 0.592. The Kier molecular flexibility index (Phi) is 6.90. The number of nitrogens with zero attached hydrogens (tertiary/aromatic N) is 1. The minimum atomic E-state index is 0.0972. The minimum Gasteiger partial charge on any atom is -0.356 e. The zero-order valence-electron chi connectivity index (χ0n) is 10.9. The molecule has 0 atom stereocenters. The fraction of sp³-hybridized carbons (Fsp3) is 0.538. The zero-order chi connectivity index (χ0) is 13.4. The van der Waals surface area contributed by atoms with Gasteiger partial charge in [0.1, 0.15) is 0 Å². The summed E-state index contributed by atoms with van der Waals surface area (Å²) in [6, 6.07) is 3.91. The lowest BCUT2D eigenvalue weighted by Gasteiger charge is -2.08. The third-order valence-electron chi connectivity index (χ3n) is 2.33. The second kappa shape index (κ2) is 8.21. The van der Waals surface area contributed by atoms with Crippen molar-refractivity contribution in [2.45, 2.75) is 26.8 Å². The first-order chi connectivity index (χ1) is 8.58. The van der Waals surface area contributed by atoms with E-state index in [1.807, 2.05) is 12.1 Å². The number of halogens is 1. The van der Waals surface area contributed by atoms with E-state index in [0.717, 1.165) is 16.7 Å². The monoisotopic (exact) mass is 313 g/mol. The van der Waals surface area contributed by atoms with Gasteiger partial charge >= 0.3 is 0 Å². The number of aromatic nitrogens is 1. The summed E-state index contributed by atoms with van der Waals surface area (Å²) in [5.41, 5.74) is 0.973. The van der Waals surface area contributed by atoms with Crippen LogP contribution in [0, 0.1) is 5.92 Å². The molecular weight excluding hydrogens is 294 g/mol. The molecule has 1 amide bonds. The fourth-order valence-electron chi connectivity index (χ4n) is 1.34. The predicted octanol–water partition coefficient (Wildman–Crippen LogP) is 2.10. The number of amides is 1. The Balaban J connectivity index is 2.11. The molecule has 0 saturated heterocycles. The lowest BCUT2D eigenvalue weighted by Crippen LogP contribution is -2.30. The number of rotatable bonds is 7. The highest BCUT2D eigenvalue weighted by Gasteiger charge is 2.01. The standard InChI is InChI=1S/C13H20BrN3O/c1-10(2)7-17-13(18)5-6-15-9-12-4-3-11(14)8-16-12/h3-4,8,10,15H,5-7,9H2,1-2H3,(H,17,18). The van der Waals surface area contributed by atoms with Gasteiger partial charge < -0.3 is 10.6 Å². The Morgan fingerprint density at radius 1 is 1.44 bits per heavy atom. The summed E-state index contributed by atoms with van der Waals surface area (Å²) in [6.07, 6.45) is 2.27. The van der Waals surface area contributed by atoms with Crippen molar-refractivity contribution in [1.82, 2.24) is 15.6 Å². The summed E-state index contributed by atoms with van der Waals surface area (Å²) < 4.78 is 0.972. The minimum absolute atomic E-state index is 0.0972. The summed E-state index contributed by atoms with van der Waals surface area (Å²) in [4.78, 5) is 15.7. The van der Waals surface area contributed by atoms with Crippen molar-refractivity contribution >= 4 is 21.8 Å². The number of hydrogen-bond donors (Lipinski definition) is 2. The van der Waals surface area contributed by atoms with Crippen LogP contribution in [0.15, 0.2) is 22.8 Å². The number of nitrogens with one attached hydrogen (secondary N) is 2. The summed E-state index contributed by atoms with van der Waals surface area (Å²) >= 11 is 3.34. The van der Waals surface area contributed by atoms with E-state index in [9.17, 15) is 4.79 Å². The molecular formula is C13H20BrN3O. The third kappa shape index (κ3) is 6.71. The van der Waals surface area contributed by atoms with Crippen LogP contribution in [0.25, 0.3) is 0 Å². The van der Waals surface area contributed by atoms with Crippen LogP contribution in [0.5, 0.6) is 0 Å². The summed E-state index contributed by atoms with van der Waals surface area (Å²) in [5, 5.41) is 6.09. The van der Waals surface area contributed by atoms with Crippen molar-refractivity contribution < 1.29 is 4.79 Å². The zero-order valence-corrected chi connectivity index (χ0v) is 12.5. The van der Waals surface area contributed by atoms with Gasteiger partial charge in [0, 0.05) is 36.7 Å². The SMILES string of the molecule is CC(C)CNC(=O)CCNCc1ccc(Br)cn1. The van der Waals surface area contributed by atoms with Gasteiger partial charge in [-0.1, -0.05) is 13.8 Å². The average molecular weight is 314 g/mol. The highest BCUT2D eigenvalue weighted by molar-refractivity contribution is 9.10. The molecule has 100 valence electrons. The van der Waals surface area contributed by atoms with Crippen LogP contribution in [-0.4, -0.2) is 24.0 Å². The molecule has 1 aromatic rings. The maximum atomic E-state index is 11.4. The fourth-order valence-corrected chi connectivity index (χ4v) is 1.57. The van der Waals surface area contributed by atoms with Gasteiger partial charge in [-0.2, -0.15) is 0 Å². The smallest absolute Gasteiger partial charge is 0.221 e. The Labute approximate surface area is 117 Å². The van der Waals surface area contributed by atoms with Crippen molar-refractivity contribution in [3.63, 3.8) is 0 Å². The quantitative estimate of drug-likeness (QED) is 0.758. The number of carbonyl (C=O) groups is 1. The molecule has 0 saturated carbocycles. The van der Waals surface area contributed by atoms with Gasteiger partial charge in [0.25, 0.3) is 0 Å². The van der Waals surface area contributed by atoms with Gasteiger partial charge in [-0.25, -0.2) is 0 Å². The number of hydrogen-bond acceptors (Lipinski definition) is 3. The molecule has 0 aliphatic rings. The largest absolute Gasteiger partial charge is 0.356 e. The first-order valence-corrected chi connectivity index (χ1v) is 6.95. The lowest BCUT2D eigenvalue weighted by atomic mass is 10.2. The van der Waals surface area contributed by atoms with Crippen molar-refractivity contribution in [1.29, 1.82) is 0 Å². The molecule has 1 aromatic heterocycles. The van der Waals surface area contributed by atoms with Crippen LogP contribution >= 0.6 is 15.9 Å². The second-order valence-electron chi connectivity index (χ2n) is 4.59. The molecule has 0 radical (unpaired) electrons. The maximum absolute atomic E-state index is 11.4. The van der Waals surface area contributed by atoms with Crippen molar-refractivity contribution in [3.8, 4) is 0 Å². The Hall–Kier alpha value is -0.940. The van der Waals surface area contributed by atoms with Crippen LogP contribution in [0.4, 0.5) is 0 Å². The van der Waals surface area contributed by atoms with Gasteiger partial charge in [0.05, 0.1) is 5.69 Å². The predicted molar refractivity (Wildman–Crippen MR) is 76.1 cm³/mol. The Morgan fingerprint density at radius 2 is 2.22 bits per heavy atom. The van der Waals surface area contributed by atoms with Gasteiger partial charge in [-0.15, -0.1) is 0 Å². The van der Waals surface area contributed by atoms with Gasteiger partial charge in [-0.05, 0) is 34.0 Å². The molecule has 0 aliphatic carbocycles. The molecule has 0 unspecified atom stereocenters. The first kappa shape index (κ1) is 15.1. The van der Waals surface area contributed by atoms with E-state index in [1.165, 1.54) is 0 Å². The highest BCUT2D eigenvalue weighted by atomic mass is 79.9. The van der Waals surface area contributed by atoms with Gasteiger partial charge in [0.15, 0.2) is 0 Å². The van der Waals surface area contributed by atoms with E-state index in [-0.39, 0.29) is 5.91 Å². The van der Waals surface area contributed by atoms with E-state index in [2.05, 4.69) is 45.4 Å². The molecule has 0 spiro atoms. The van der Waals surface area contributed by atoms with E-state index >= 15 is 0 Å². The van der Waals surface area contributed by atoms with Crippen LogP contribution in [0.2, 0.25) is 0 Å². The van der Waals surface area contributed by atoms with E-state index in [4.69, 9.17) is 0 Å². The van der Waals surface area contributed by atoms with Crippen LogP contribution < -0.4 is 10.6 Å². The van der Waals surface area contributed by atoms with Crippen molar-refractivity contribution in [2.75, 3.05) is 13.1 Å². The normalized spacial score (nSPS) is 10.7.